The molecule has 0 radical (unpaired) electrons. The van der Waals surface area contributed by atoms with Crippen molar-refractivity contribution in [2.75, 3.05) is 27.2 Å². The maximum atomic E-state index is 11.4. The molecule has 2 N–H and O–H groups in total. The fourth-order valence-corrected chi connectivity index (χ4v) is 3.02. The number of rotatable bonds is 7. The monoisotopic (exact) mass is 297 g/mol. The molecule has 0 bridgehead atoms. The van der Waals surface area contributed by atoms with Gasteiger partial charge in [0.1, 0.15) is 0 Å². The Kier molecular flexibility index (Phi) is 6.99. The summed E-state index contributed by atoms with van der Waals surface area (Å²) in [4.78, 5) is 15.6. The van der Waals surface area contributed by atoms with Crippen molar-refractivity contribution in [1.82, 2.24) is 10.6 Å². The van der Waals surface area contributed by atoms with Crippen molar-refractivity contribution in [1.29, 1.82) is 0 Å². The third kappa shape index (κ3) is 5.56. The lowest BCUT2D eigenvalue weighted by Crippen LogP contribution is -2.48. The Balaban J connectivity index is 2.39. The number of carbonyl (C=O) groups excluding carboxylic acids is 1. The van der Waals surface area contributed by atoms with Crippen molar-refractivity contribution in [3.8, 4) is 0 Å². The van der Waals surface area contributed by atoms with Crippen LogP contribution in [0.5, 0.6) is 0 Å². The van der Waals surface area contributed by atoms with E-state index >= 15 is 0 Å². The van der Waals surface area contributed by atoms with Crippen LogP contribution in [0.4, 0.5) is 0 Å². The molecule has 0 aromatic heterocycles. The van der Waals surface area contributed by atoms with Gasteiger partial charge in [0.05, 0.1) is 13.0 Å². The largest absolute Gasteiger partial charge is 0.469 e. The summed E-state index contributed by atoms with van der Waals surface area (Å²) in [5, 5.41) is 6.61. The van der Waals surface area contributed by atoms with E-state index in [2.05, 4.69) is 29.5 Å². The number of methoxy groups -OCH3 is 1. The molecule has 0 spiro atoms. The lowest BCUT2D eigenvalue weighted by molar-refractivity contribution is -0.144. The van der Waals surface area contributed by atoms with Crippen LogP contribution in [0.15, 0.2) is 4.99 Å². The summed E-state index contributed by atoms with van der Waals surface area (Å²) >= 11 is 0. The van der Waals surface area contributed by atoms with E-state index in [0.717, 1.165) is 18.4 Å². The van der Waals surface area contributed by atoms with Crippen LogP contribution in [-0.4, -0.2) is 39.2 Å². The number of carbonyl (C=O) groups is 1. The van der Waals surface area contributed by atoms with Crippen LogP contribution >= 0.6 is 0 Å². The molecular weight excluding hydrogens is 266 g/mol. The molecule has 0 amide bonds. The van der Waals surface area contributed by atoms with Gasteiger partial charge in [-0.3, -0.25) is 9.79 Å². The van der Waals surface area contributed by atoms with Gasteiger partial charge in [-0.15, -0.1) is 0 Å². The zero-order valence-corrected chi connectivity index (χ0v) is 14.2. The molecule has 1 rings (SSSR count). The zero-order valence-electron chi connectivity index (χ0n) is 14.2. The highest BCUT2D eigenvalue weighted by Crippen LogP contribution is 2.45. The molecule has 1 unspecified atom stereocenters. The van der Waals surface area contributed by atoms with Crippen LogP contribution in [-0.2, 0) is 9.53 Å². The molecule has 5 heteroatoms. The highest BCUT2D eigenvalue weighted by Gasteiger charge is 2.37. The molecular formula is C16H31N3O2. The normalized spacial score (nSPS) is 18.9. The minimum absolute atomic E-state index is 0.179. The number of nitrogens with zero attached hydrogens (tertiary/aromatic N) is 1. The summed E-state index contributed by atoms with van der Waals surface area (Å²) < 4.78 is 4.72. The summed E-state index contributed by atoms with van der Waals surface area (Å²) in [7, 11) is 3.17. The second-order valence-corrected chi connectivity index (χ2v) is 6.68. The first-order valence-electron chi connectivity index (χ1n) is 7.95. The molecule has 1 aliphatic rings. The molecule has 0 aromatic carbocycles. The van der Waals surface area contributed by atoms with Gasteiger partial charge in [0, 0.05) is 20.1 Å². The van der Waals surface area contributed by atoms with Crippen molar-refractivity contribution in [2.24, 2.45) is 22.2 Å². The Morgan fingerprint density at radius 3 is 2.38 bits per heavy atom. The van der Waals surface area contributed by atoms with E-state index < -0.39 is 0 Å². The molecule has 1 aliphatic carbocycles. The Labute approximate surface area is 128 Å². The predicted molar refractivity (Wildman–Crippen MR) is 86.3 cm³/mol. The minimum Gasteiger partial charge on any atom is -0.469 e. The Bertz CT molecular complexity index is 363. The molecule has 21 heavy (non-hydrogen) atoms. The van der Waals surface area contributed by atoms with Crippen molar-refractivity contribution in [3.63, 3.8) is 0 Å². The van der Waals surface area contributed by atoms with Crippen LogP contribution in [0.25, 0.3) is 0 Å². The van der Waals surface area contributed by atoms with Crippen molar-refractivity contribution in [2.45, 2.75) is 46.5 Å². The number of aliphatic imine (C=N–C) groups is 1. The second-order valence-electron chi connectivity index (χ2n) is 6.68. The predicted octanol–water partition coefficient (Wildman–Crippen LogP) is 2.18. The number of ether oxygens (including phenoxy) is 1. The second kappa shape index (κ2) is 8.25. The van der Waals surface area contributed by atoms with E-state index in [-0.39, 0.29) is 11.9 Å². The first-order chi connectivity index (χ1) is 9.92. The van der Waals surface area contributed by atoms with Crippen molar-refractivity contribution >= 4 is 11.9 Å². The van der Waals surface area contributed by atoms with E-state index in [0.29, 0.717) is 12.0 Å². The van der Waals surface area contributed by atoms with Crippen molar-refractivity contribution in [3.05, 3.63) is 0 Å². The van der Waals surface area contributed by atoms with Crippen LogP contribution in [0.1, 0.15) is 46.5 Å². The highest BCUT2D eigenvalue weighted by atomic mass is 16.5. The lowest BCUT2D eigenvalue weighted by atomic mass is 9.64. The maximum absolute atomic E-state index is 11.4. The summed E-state index contributed by atoms with van der Waals surface area (Å²) in [6.07, 6.45) is 5.19. The van der Waals surface area contributed by atoms with Crippen LogP contribution in [0.2, 0.25) is 0 Å². The smallest absolute Gasteiger partial charge is 0.310 e. The lowest BCUT2D eigenvalue weighted by Gasteiger charge is -2.43. The number of guanidine groups is 1. The van der Waals surface area contributed by atoms with Crippen molar-refractivity contribution < 1.29 is 9.53 Å². The number of hydrogen-bond donors (Lipinski definition) is 2. The van der Waals surface area contributed by atoms with E-state index in [1.54, 1.807) is 7.05 Å². The van der Waals surface area contributed by atoms with Gasteiger partial charge in [-0.2, -0.15) is 0 Å². The number of nitrogens with one attached hydrogen (secondary N) is 2. The third-order valence-corrected chi connectivity index (χ3v) is 4.29. The average molecular weight is 297 g/mol. The number of hydrogen-bond acceptors (Lipinski definition) is 3. The zero-order chi connectivity index (χ0) is 15.9. The summed E-state index contributed by atoms with van der Waals surface area (Å²) in [5.74, 6) is 1.11. The molecule has 0 aliphatic heterocycles. The van der Waals surface area contributed by atoms with Gasteiger partial charge in [0.15, 0.2) is 5.96 Å². The van der Waals surface area contributed by atoms with Gasteiger partial charge in [-0.25, -0.2) is 0 Å². The molecule has 1 fully saturated rings. The molecule has 1 saturated carbocycles. The molecule has 1 atom stereocenters. The summed E-state index contributed by atoms with van der Waals surface area (Å²) in [5.41, 5.74) is 0.430. The van der Waals surface area contributed by atoms with E-state index in [4.69, 9.17) is 4.74 Å². The van der Waals surface area contributed by atoms with Crippen LogP contribution in [0.3, 0.4) is 0 Å². The Hall–Kier alpha value is -1.26. The standard InChI is InChI=1S/C16H31N3O2/c1-12(2)9-16(7-6-8-16)11-19-15(17-4)18-10-13(3)14(20)21-5/h12-13H,6-11H2,1-5H3,(H2,17,18,19). The average Bonchev–Trinajstić information content (AvgIpc) is 2.42. The summed E-state index contributed by atoms with van der Waals surface area (Å²) in [6.45, 7) is 7.90. The Morgan fingerprint density at radius 1 is 1.29 bits per heavy atom. The molecule has 0 saturated heterocycles. The SMILES string of the molecule is CN=C(NCC(C)C(=O)OC)NCC1(CC(C)C)CCC1. The van der Waals surface area contributed by atoms with Gasteiger partial charge in [-0.05, 0) is 30.6 Å². The molecule has 122 valence electrons. The fraction of sp³-hybridized carbons (Fsp3) is 0.875. The topological polar surface area (TPSA) is 62.7 Å². The van der Waals surface area contributed by atoms with Gasteiger partial charge in [-0.1, -0.05) is 27.2 Å². The Morgan fingerprint density at radius 2 is 1.95 bits per heavy atom. The van der Waals surface area contributed by atoms with Crippen LogP contribution in [0, 0.1) is 17.3 Å². The van der Waals surface area contributed by atoms with Crippen LogP contribution < -0.4 is 10.6 Å². The van der Waals surface area contributed by atoms with E-state index in [1.807, 2.05) is 6.92 Å². The first kappa shape index (κ1) is 17.8. The van der Waals surface area contributed by atoms with E-state index in [9.17, 15) is 4.79 Å². The minimum atomic E-state index is -0.201. The molecule has 0 aromatic rings. The van der Waals surface area contributed by atoms with E-state index in [1.165, 1.54) is 32.8 Å². The van der Waals surface area contributed by atoms with Gasteiger partial charge in [0.2, 0.25) is 0 Å². The summed E-state index contributed by atoms with van der Waals surface area (Å²) in [6, 6.07) is 0. The van der Waals surface area contributed by atoms with Gasteiger partial charge < -0.3 is 15.4 Å². The maximum Gasteiger partial charge on any atom is 0.310 e. The molecule has 0 heterocycles. The number of esters is 1. The fourth-order valence-electron chi connectivity index (χ4n) is 3.02. The van der Waals surface area contributed by atoms with Gasteiger partial charge >= 0.3 is 5.97 Å². The molecule has 5 nitrogen and oxygen atoms in total. The highest BCUT2D eigenvalue weighted by molar-refractivity contribution is 5.80. The third-order valence-electron chi connectivity index (χ3n) is 4.29. The first-order valence-corrected chi connectivity index (χ1v) is 7.95. The quantitative estimate of drug-likeness (QED) is 0.429. The van der Waals surface area contributed by atoms with Gasteiger partial charge in [0.25, 0.3) is 0 Å².